The summed E-state index contributed by atoms with van der Waals surface area (Å²) in [5, 5.41) is 13.6. The van der Waals surface area contributed by atoms with Crippen LogP contribution in [0.3, 0.4) is 0 Å². The van der Waals surface area contributed by atoms with Gasteiger partial charge in [0.2, 0.25) is 0 Å². The third-order valence-corrected chi connectivity index (χ3v) is 1.87. The first kappa shape index (κ1) is 10.1. The van der Waals surface area contributed by atoms with Crippen molar-refractivity contribution in [3.63, 3.8) is 0 Å². The number of halogens is 3. The van der Waals surface area contributed by atoms with Crippen LogP contribution in [-0.2, 0) is 0 Å². The molecule has 1 unspecified atom stereocenters. The molecule has 1 atom stereocenters. The fourth-order valence-corrected chi connectivity index (χ4v) is 1.10. The van der Waals surface area contributed by atoms with Crippen LogP contribution in [0.2, 0.25) is 0 Å². The van der Waals surface area contributed by atoms with Crippen LogP contribution in [0.15, 0.2) is 17.5 Å². The summed E-state index contributed by atoms with van der Waals surface area (Å²) in [5.74, 6) is 0. The van der Waals surface area contributed by atoms with Crippen LogP contribution in [0.1, 0.15) is 11.8 Å². The Morgan fingerprint density at radius 1 is 1.62 bits per heavy atom. The Balaban J connectivity index is 2.81. The van der Waals surface area contributed by atoms with E-state index < -0.39 is 17.9 Å². The molecule has 1 aromatic heterocycles. The second-order valence-corrected chi connectivity index (χ2v) is 2.87. The van der Waals surface area contributed by atoms with Gasteiger partial charge in [0, 0.05) is 5.38 Å². The molecule has 1 rings (SSSR count). The molecule has 13 heavy (non-hydrogen) atoms. The van der Waals surface area contributed by atoms with Crippen molar-refractivity contribution in [2.45, 2.75) is 12.3 Å². The molecule has 0 saturated heterocycles. The topological polar surface area (TPSA) is 46.0 Å². The van der Waals surface area contributed by atoms with Gasteiger partial charge in [-0.15, -0.1) is 5.10 Å². The highest BCUT2D eigenvalue weighted by Crippen LogP contribution is 2.33. The van der Waals surface area contributed by atoms with E-state index in [9.17, 15) is 13.2 Å². The van der Waals surface area contributed by atoms with Gasteiger partial charge in [0.25, 0.3) is 0 Å². The summed E-state index contributed by atoms with van der Waals surface area (Å²) in [6.07, 6.45) is -6.43. The summed E-state index contributed by atoms with van der Waals surface area (Å²) in [7, 11) is 0. The summed E-state index contributed by atoms with van der Waals surface area (Å²) < 4.78 is 39.3. The highest BCUT2D eigenvalue weighted by molar-refractivity contribution is 7.03. The maximum absolute atomic E-state index is 12.0. The SMILES string of the molecule is C=C(C(O)c1csnn1)C(F)(F)F. The average molecular weight is 210 g/mol. The van der Waals surface area contributed by atoms with Crippen molar-refractivity contribution in [2.24, 2.45) is 0 Å². The van der Waals surface area contributed by atoms with Crippen molar-refractivity contribution in [3.05, 3.63) is 23.2 Å². The third-order valence-electron chi connectivity index (χ3n) is 1.35. The average Bonchev–Trinajstić information content (AvgIpc) is 2.51. The van der Waals surface area contributed by atoms with Crippen LogP contribution in [0.5, 0.6) is 0 Å². The number of aromatic nitrogens is 2. The number of alkyl halides is 3. The van der Waals surface area contributed by atoms with Crippen LogP contribution in [0.25, 0.3) is 0 Å². The molecule has 0 amide bonds. The normalized spacial score (nSPS) is 14.2. The lowest BCUT2D eigenvalue weighted by Crippen LogP contribution is -2.17. The zero-order valence-corrected chi connectivity index (χ0v) is 7.06. The quantitative estimate of drug-likeness (QED) is 0.755. The lowest BCUT2D eigenvalue weighted by atomic mass is 10.1. The number of hydrogen-bond acceptors (Lipinski definition) is 4. The number of aliphatic hydroxyl groups excluding tert-OH is 1. The monoisotopic (exact) mass is 210 g/mol. The fraction of sp³-hybridized carbons (Fsp3) is 0.333. The molecule has 0 aliphatic rings. The molecule has 3 nitrogen and oxygen atoms in total. The zero-order valence-electron chi connectivity index (χ0n) is 6.25. The Labute approximate surface area is 75.7 Å². The van der Waals surface area contributed by atoms with E-state index in [0.29, 0.717) is 0 Å². The molecule has 1 heterocycles. The molecular formula is C6H5F3N2OS. The first-order valence-electron chi connectivity index (χ1n) is 3.14. The van der Waals surface area contributed by atoms with Gasteiger partial charge in [-0.05, 0) is 11.5 Å². The van der Waals surface area contributed by atoms with Gasteiger partial charge < -0.3 is 5.11 Å². The van der Waals surface area contributed by atoms with E-state index in [1.54, 1.807) is 0 Å². The van der Waals surface area contributed by atoms with Crippen molar-refractivity contribution >= 4 is 11.5 Å². The van der Waals surface area contributed by atoms with Crippen molar-refractivity contribution < 1.29 is 18.3 Å². The highest BCUT2D eigenvalue weighted by atomic mass is 32.1. The molecule has 0 saturated carbocycles. The van der Waals surface area contributed by atoms with E-state index in [0.717, 1.165) is 11.5 Å². The molecule has 1 aromatic rings. The predicted molar refractivity (Wildman–Crippen MR) is 40.1 cm³/mol. The van der Waals surface area contributed by atoms with Gasteiger partial charge in [0.05, 0.1) is 5.57 Å². The molecule has 0 aliphatic carbocycles. The number of hydrogen-bond donors (Lipinski definition) is 1. The first-order chi connectivity index (χ1) is 5.93. The lowest BCUT2D eigenvalue weighted by Gasteiger charge is -2.13. The molecule has 72 valence electrons. The van der Waals surface area contributed by atoms with Crippen molar-refractivity contribution in [1.29, 1.82) is 0 Å². The summed E-state index contributed by atoms with van der Waals surface area (Å²) in [6.45, 7) is 2.74. The van der Waals surface area contributed by atoms with Crippen LogP contribution >= 0.6 is 11.5 Å². The van der Waals surface area contributed by atoms with Gasteiger partial charge in [0.15, 0.2) is 0 Å². The number of nitrogens with zero attached hydrogens (tertiary/aromatic N) is 2. The minimum atomic E-state index is -4.61. The molecule has 0 aromatic carbocycles. The lowest BCUT2D eigenvalue weighted by molar-refractivity contribution is -0.105. The molecular weight excluding hydrogens is 205 g/mol. The van der Waals surface area contributed by atoms with Gasteiger partial charge in [-0.1, -0.05) is 11.1 Å². The highest BCUT2D eigenvalue weighted by Gasteiger charge is 2.37. The Morgan fingerprint density at radius 2 is 2.23 bits per heavy atom. The van der Waals surface area contributed by atoms with E-state index in [-0.39, 0.29) is 5.69 Å². The van der Waals surface area contributed by atoms with Crippen molar-refractivity contribution in [3.8, 4) is 0 Å². The third kappa shape index (κ3) is 2.25. The molecule has 0 bridgehead atoms. The summed E-state index contributed by atoms with van der Waals surface area (Å²) in [4.78, 5) is 0. The van der Waals surface area contributed by atoms with Crippen LogP contribution in [0.4, 0.5) is 13.2 Å². The summed E-state index contributed by atoms with van der Waals surface area (Å²) in [5.41, 5.74) is -1.37. The number of aliphatic hydroxyl groups is 1. The molecule has 0 radical (unpaired) electrons. The largest absolute Gasteiger partial charge is 0.414 e. The van der Waals surface area contributed by atoms with Crippen molar-refractivity contribution in [1.82, 2.24) is 9.59 Å². The van der Waals surface area contributed by atoms with Gasteiger partial charge in [0.1, 0.15) is 11.8 Å². The van der Waals surface area contributed by atoms with Crippen LogP contribution in [-0.4, -0.2) is 20.9 Å². The predicted octanol–water partition coefficient (Wildman–Crippen LogP) is 1.69. The standard InChI is InChI=1S/C6H5F3N2OS/c1-3(6(7,8)9)5(12)4-2-13-11-10-4/h2,5,12H,1H2. The molecule has 0 spiro atoms. The van der Waals surface area contributed by atoms with Gasteiger partial charge in [-0.3, -0.25) is 0 Å². The van der Waals surface area contributed by atoms with Crippen LogP contribution in [0, 0.1) is 0 Å². The Bertz CT molecular complexity index is 295. The van der Waals surface area contributed by atoms with Gasteiger partial charge >= 0.3 is 6.18 Å². The molecule has 0 fully saturated rings. The van der Waals surface area contributed by atoms with E-state index in [1.165, 1.54) is 5.38 Å². The second kappa shape index (κ2) is 3.43. The summed E-state index contributed by atoms with van der Waals surface area (Å²) in [6, 6.07) is 0. The van der Waals surface area contributed by atoms with E-state index in [1.807, 2.05) is 0 Å². The van der Waals surface area contributed by atoms with Crippen molar-refractivity contribution in [2.75, 3.05) is 0 Å². The van der Waals surface area contributed by atoms with Gasteiger partial charge in [-0.2, -0.15) is 13.2 Å². The van der Waals surface area contributed by atoms with Gasteiger partial charge in [-0.25, -0.2) is 0 Å². The molecule has 7 heteroatoms. The Hall–Kier alpha value is -0.950. The van der Waals surface area contributed by atoms with E-state index in [2.05, 4.69) is 16.2 Å². The number of rotatable bonds is 2. The maximum atomic E-state index is 12.0. The van der Waals surface area contributed by atoms with Crippen LogP contribution < -0.4 is 0 Å². The summed E-state index contributed by atoms with van der Waals surface area (Å²) >= 11 is 0.866. The second-order valence-electron chi connectivity index (χ2n) is 2.26. The smallest absolute Gasteiger partial charge is 0.382 e. The van der Waals surface area contributed by atoms with E-state index in [4.69, 9.17) is 5.11 Å². The molecule has 0 aliphatic heterocycles. The zero-order chi connectivity index (χ0) is 10.1. The Morgan fingerprint density at radius 3 is 2.62 bits per heavy atom. The maximum Gasteiger partial charge on any atom is 0.414 e. The fourth-order valence-electron chi connectivity index (χ4n) is 0.625. The van der Waals surface area contributed by atoms with E-state index >= 15 is 0 Å². The minimum Gasteiger partial charge on any atom is -0.382 e. The first-order valence-corrected chi connectivity index (χ1v) is 3.97. The Kier molecular flexibility index (Phi) is 2.67. The minimum absolute atomic E-state index is 0.132. The molecule has 1 N–H and O–H groups in total.